The van der Waals surface area contributed by atoms with Gasteiger partial charge < -0.3 is 4.42 Å². The maximum atomic E-state index is 6.31. The number of furan rings is 1. The fourth-order valence-corrected chi connectivity index (χ4v) is 5.24. The third-order valence-electron chi connectivity index (χ3n) is 6.99. The van der Waals surface area contributed by atoms with Gasteiger partial charge in [-0.3, -0.25) is 0 Å². The van der Waals surface area contributed by atoms with Crippen molar-refractivity contribution in [3.05, 3.63) is 120 Å². The molecule has 0 fully saturated rings. The molecule has 33 heavy (non-hydrogen) atoms. The highest BCUT2D eigenvalue weighted by Crippen LogP contribution is 2.42. The van der Waals surface area contributed by atoms with Crippen molar-refractivity contribution in [2.45, 2.75) is 13.3 Å². The van der Waals surface area contributed by atoms with Crippen molar-refractivity contribution in [1.29, 1.82) is 0 Å². The molecule has 5 aromatic carbocycles. The molecule has 1 aromatic heterocycles. The van der Waals surface area contributed by atoms with Gasteiger partial charge in [0.1, 0.15) is 11.2 Å². The van der Waals surface area contributed by atoms with Crippen LogP contribution in [0.15, 0.2) is 108 Å². The summed E-state index contributed by atoms with van der Waals surface area (Å²) in [4.78, 5) is 0. The summed E-state index contributed by atoms with van der Waals surface area (Å²) in [5.74, 6) is 0. The average molecular weight is 423 g/mol. The lowest BCUT2D eigenvalue weighted by atomic mass is 9.95. The van der Waals surface area contributed by atoms with Crippen LogP contribution in [0.25, 0.3) is 55.3 Å². The van der Waals surface area contributed by atoms with Gasteiger partial charge in [-0.25, -0.2) is 0 Å². The van der Waals surface area contributed by atoms with Crippen molar-refractivity contribution in [3.8, 4) is 33.4 Å². The molecule has 0 atom stereocenters. The van der Waals surface area contributed by atoms with Crippen LogP contribution < -0.4 is 0 Å². The molecule has 0 amide bonds. The fourth-order valence-electron chi connectivity index (χ4n) is 5.24. The van der Waals surface area contributed by atoms with E-state index >= 15 is 0 Å². The fraction of sp³-hybridized carbons (Fsp3) is 0.0625. The molecule has 7 rings (SSSR count). The molecule has 6 aromatic rings. The van der Waals surface area contributed by atoms with Gasteiger partial charge in [0.15, 0.2) is 0 Å². The van der Waals surface area contributed by atoms with Crippen LogP contribution in [0.5, 0.6) is 0 Å². The van der Waals surface area contributed by atoms with Crippen molar-refractivity contribution in [2.24, 2.45) is 0 Å². The summed E-state index contributed by atoms with van der Waals surface area (Å²) in [6, 6.07) is 37.3. The van der Waals surface area contributed by atoms with E-state index < -0.39 is 0 Å². The molecule has 156 valence electrons. The molecule has 0 spiro atoms. The molecule has 0 saturated heterocycles. The van der Waals surface area contributed by atoms with Crippen LogP contribution in [0.2, 0.25) is 0 Å². The molecule has 0 N–H and O–H groups in total. The lowest BCUT2D eigenvalue weighted by Gasteiger charge is -2.09. The van der Waals surface area contributed by atoms with Gasteiger partial charge >= 0.3 is 0 Å². The summed E-state index contributed by atoms with van der Waals surface area (Å²) in [6.07, 6.45) is 0.994. The minimum atomic E-state index is 0.939. The highest BCUT2D eigenvalue weighted by Gasteiger charge is 2.21. The zero-order valence-electron chi connectivity index (χ0n) is 18.4. The summed E-state index contributed by atoms with van der Waals surface area (Å²) >= 11 is 0. The quantitative estimate of drug-likeness (QED) is 0.271. The molecule has 0 bridgehead atoms. The second-order valence-electron chi connectivity index (χ2n) is 9.07. The van der Waals surface area contributed by atoms with Gasteiger partial charge in [0.2, 0.25) is 0 Å². The standard InChI is InChI=1S/C32H22O/c1-20-9-11-21(12-10-20)22-13-14-23-17-24-15-16-25(19-30(24)29(23)18-22)26-6-4-7-28-27-5-2-3-8-31(27)33-32(26)28/h2-16,18-19H,17H2,1H3. The van der Waals surface area contributed by atoms with Gasteiger partial charge in [0.05, 0.1) is 0 Å². The lowest BCUT2D eigenvalue weighted by Crippen LogP contribution is -1.84. The Balaban J connectivity index is 1.38. The summed E-state index contributed by atoms with van der Waals surface area (Å²) in [5.41, 5.74) is 13.6. The predicted octanol–water partition coefficient (Wildman–Crippen LogP) is 8.80. The molecule has 1 heterocycles. The Morgan fingerprint density at radius 2 is 1.21 bits per heavy atom. The first-order valence-electron chi connectivity index (χ1n) is 11.5. The van der Waals surface area contributed by atoms with Crippen molar-refractivity contribution in [3.63, 3.8) is 0 Å². The van der Waals surface area contributed by atoms with E-state index in [1.54, 1.807) is 0 Å². The van der Waals surface area contributed by atoms with Crippen molar-refractivity contribution in [2.75, 3.05) is 0 Å². The van der Waals surface area contributed by atoms with Gasteiger partial charge in [-0.1, -0.05) is 90.5 Å². The number of hydrogen-bond donors (Lipinski definition) is 0. The Morgan fingerprint density at radius 1 is 0.545 bits per heavy atom. The molecular formula is C32H22O. The first-order chi connectivity index (χ1) is 16.2. The first-order valence-corrected chi connectivity index (χ1v) is 11.5. The molecule has 1 heteroatoms. The van der Waals surface area contributed by atoms with Gasteiger partial charge in [0.25, 0.3) is 0 Å². The predicted molar refractivity (Wildman–Crippen MR) is 138 cm³/mol. The molecule has 1 aliphatic rings. The lowest BCUT2D eigenvalue weighted by molar-refractivity contribution is 0.670. The molecule has 1 nitrogen and oxygen atoms in total. The summed E-state index contributed by atoms with van der Waals surface area (Å²) < 4.78 is 6.31. The maximum Gasteiger partial charge on any atom is 0.143 e. The van der Waals surface area contributed by atoms with Crippen LogP contribution in [-0.2, 0) is 6.42 Å². The second kappa shape index (κ2) is 6.95. The van der Waals surface area contributed by atoms with Crippen LogP contribution in [0.1, 0.15) is 16.7 Å². The van der Waals surface area contributed by atoms with Crippen LogP contribution in [0.3, 0.4) is 0 Å². The van der Waals surface area contributed by atoms with E-state index in [2.05, 4.69) is 97.9 Å². The van der Waals surface area contributed by atoms with Gasteiger partial charge in [0, 0.05) is 16.3 Å². The van der Waals surface area contributed by atoms with Gasteiger partial charge in [-0.05, 0) is 70.5 Å². The molecule has 1 aliphatic carbocycles. The van der Waals surface area contributed by atoms with E-state index in [9.17, 15) is 0 Å². The Kier molecular flexibility index (Phi) is 3.89. The number of rotatable bonds is 2. The normalized spacial score (nSPS) is 12.3. The number of fused-ring (bicyclic) bond motifs is 6. The largest absolute Gasteiger partial charge is 0.455 e. The average Bonchev–Trinajstić information content (AvgIpc) is 3.42. The van der Waals surface area contributed by atoms with Gasteiger partial charge in [-0.15, -0.1) is 0 Å². The minimum Gasteiger partial charge on any atom is -0.455 e. The molecule has 0 saturated carbocycles. The summed E-state index contributed by atoms with van der Waals surface area (Å²) in [5, 5.41) is 2.34. The number of benzene rings is 5. The summed E-state index contributed by atoms with van der Waals surface area (Å²) in [6.45, 7) is 2.13. The topological polar surface area (TPSA) is 13.1 Å². The summed E-state index contributed by atoms with van der Waals surface area (Å²) in [7, 11) is 0. The van der Waals surface area contributed by atoms with E-state index in [-0.39, 0.29) is 0 Å². The third-order valence-corrected chi connectivity index (χ3v) is 6.99. The van der Waals surface area contributed by atoms with Crippen molar-refractivity contribution < 1.29 is 4.42 Å². The Bertz CT molecular complexity index is 1680. The maximum absolute atomic E-state index is 6.31. The Hall–Kier alpha value is -4.10. The molecule has 0 aliphatic heterocycles. The van der Waals surface area contributed by atoms with E-state index in [0.29, 0.717) is 0 Å². The zero-order chi connectivity index (χ0) is 21.9. The number of para-hydroxylation sites is 2. The van der Waals surface area contributed by atoms with Crippen LogP contribution >= 0.6 is 0 Å². The minimum absolute atomic E-state index is 0.939. The van der Waals surface area contributed by atoms with E-state index in [0.717, 1.165) is 23.2 Å². The van der Waals surface area contributed by atoms with E-state index in [4.69, 9.17) is 4.42 Å². The van der Waals surface area contributed by atoms with Crippen LogP contribution in [-0.4, -0.2) is 0 Å². The molecule has 0 radical (unpaired) electrons. The van der Waals surface area contributed by atoms with Crippen molar-refractivity contribution >= 4 is 21.9 Å². The Morgan fingerprint density at radius 3 is 2.03 bits per heavy atom. The smallest absolute Gasteiger partial charge is 0.143 e. The number of hydrogen-bond acceptors (Lipinski definition) is 1. The highest BCUT2D eigenvalue weighted by atomic mass is 16.3. The van der Waals surface area contributed by atoms with E-state index in [1.807, 2.05) is 12.1 Å². The first kappa shape index (κ1) is 18.5. The SMILES string of the molecule is Cc1ccc(-c2ccc3c(c2)-c2cc(-c4cccc5c4oc4ccccc45)ccc2C3)cc1. The van der Waals surface area contributed by atoms with Gasteiger partial charge in [-0.2, -0.15) is 0 Å². The second-order valence-corrected chi connectivity index (χ2v) is 9.07. The number of aryl methyl sites for hydroxylation is 1. The Labute approximate surface area is 192 Å². The van der Waals surface area contributed by atoms with E-state index in [1.165, 1.54) is 55.3 Å². The third kappa shape index (κ3) is 2.86. The molecule has 0 unspecified atom stereocenters. The molecular weight excluding hydrogens is 400 g/mol. The monoisotopic (exact) mass is 422 g/mol. The van der Waals surface area contributed by atoms with Crippen molar-refractivity contribution in [1.82, 2.24) is 0 Å². The highest BCUT2D eigenvalue weighted by molar-refractivity contribution is 6.09. The van der Waals surface area contributed by atoms with Crippen LogP contribution in [0, 0.1) is 6.92 Å². The zero-order valence-corrected chi connectivity index (χ0v) is 18.4. The van der Waals surface area contributed by atoms with Crippen LogP contribution in [0.4, 0.5) is 0 Å².